The van der Waals surface area contributed by atoms with E-state index in [0.29, 0.717) is 25.8 Å². The molecular weight excluding hydrogens is 436 g/mol. The van der Waals surface area contributed by atoms with Crippen LogP contribution in [0.3, 0.4) is 0 Å². The van der Waals surface area contributed by atoms with Gasteiger partial charge >= 0.3 is 17.6 Å². The maximum Gasteiger partial charge on any atom is 0.356 e. The lowest BCUT2D eigenvalue weighted by atomic mass is 9.96. The highest BCUT2D eigenvalue weighted by Crippen LogP contribution is 2.25. The second-order valence-electron chi connectivity index (χ2n) is 8.00. The predicted octanol–water partition coefficient (Wildman–Crippen LogP) is 2.74. The van der Waals surface area contributed by atoms with E-state index in [1.54, 1.807) is 0 Å². The van der Waals surface area contributed by atoms with E-state index in [4.69, 9.17) is 9.47 Å². The van der Waals surface area contributed by atoms with Gasteiger partial charge in [0.2, 0.25) is 0 Å². The van der Waals surface area contributed by atoms with E-state index in [1.165, 1.54) is 17.7 Å². The van der Waals surface area contributed by atoms with E-state index < -0.39 is 23.3 Å². The SMILES string of the molecule is C=C(CCn1c(-c2ccc(F)c(F)c2)c(C(=O)OC)[nH]c1=O)CN1CCC(C(=O)OC)CC1. The summed E-state index contributed by atoms with van der Waals surface area (Å²) in [7, 11) is 2.55. The molecule has 0 aliphatic carbocycles. The standard InChI is InChI=1S/C23H27F2N3O5/c1-14(13-27-9-7-15(8-10-27)21(29)32-2)6-11-28-20(16-4-5-17(24)18(25)12-16)19(22(30)33-3)26-23(28)31/h4-5,12,15H,1,6-11,13H2,2-3H3,(H,26,31). The van der Waals surface area contributed by atoms with Crippen LogP contribution in [-0.4, -0.2) is 60.2 Å². The average Bonchev–Trinajstić information content (AvgIpc) is 3.15. The number of benzene rings is 1. The van der Waals surface area contributed by atoms with Gasteiger partial charge < -0.3 is 9.47 Å². The van der Waals surface area contributed by atoms with Crippen molar-refractivity contribution in [2.24, 2.45) is 5.92 Å². The third-order valence-corrected chi connectivity index (χ3v) is 5.82. The highest BCUT2D eigenvalue weighted by molar-refractivity contribution is 5.94. The number of nitrogens with zero attached hydrogens (tertiary/aromatic N) is 2. The first-order chi connectivity index (χ1) is 15.7. The third-order valence-electron chi connectivity index (χ3n) is 5.82. The summed E-state index contributed by atoms with van der Waals surface area (Å²) in [6.45, 7) is 6.33. The number of piperidine rings is 1. The largest absolute Gasteiger partial charge is 0.469 e. The summed E-state index contributed by atoms with van der Waals surface area (Å²) in [6, 6.07) is 3.16. The van der Waals surface area contributed by atoms with Crippen LogP contribution in [0.15, 0.2) is 35.1 Å². The van der Waals surface area contributed by atoms with E-state index in [1.807, 2.05) is 0 Å². The van der Waals surface area contributed by atoms with Gasteiger partial charge in [-0.15, -0.1) is 0 Å². The molecule has 2 heterocycles. The molecule has 1 aromatic carbocycles. The smallest absolute Gasteiger partial charge is 0.356 e. The molecular formula is C23H27F2N3O5. The minimum atomic E-state index is -1.09. The predicted molar refractivity (Wildman–Crippen MR) is 117 cm³/mol. The molecule has 2 aromatic rings. The van der Waals surface area contributed by atoms with E-state index >= 15 is 0 Å². The zero-order chi connectivity index (χ0) is 24.1. The summed E-state index contributed by atoms with van der Waals surface area (Å²) in [5, 5.41) is 0. The van der Waals surface area contributed by atoms with Crippen molar-refractivity contribution in [2.45, 2.75) is 25.8 Å². The number of halogens is 2. The monoisotopic (exact) mass is 463 g/mol. The maximum absolute atomic E-state index is 13.9. The third kappa shape index (κ3) is 5.57. The zero-order valence-corrected chi connectivity index (χ0v) is 18.7. The number of carbonyl (C=O) groups excluding carboxylic acids is 2. The molecule has 178 valence electrons. The number of ether oxygens (including phenoxy) is 2. The molecule has 0 amide bonds. The lowest BCUT2D eigenvalue weighted by molar-refractivity contribution is -0.147. The van der Waals surface area contributed by atoms with Gasteiger partial charge in [-0.1, -0.05) is 12.2 Å². The maximum atomic E-state index is 13.9. The van der Waals surface area contributed by atoms with Gasteiger partial charge in [0, 0.05) is 18.7 Å². The van der Waals surface area contributed by atoms with Crippen LogP contribution in [0.4, 0.5) is 8.78 Å². The molecule has 1 N–H and O–H groups in total. The van der Waals surface area contributed by atoms with Gasteiger partial charge in [-0.2, -0.15) is 0 Å². The fourth-order valence-corrected chi connectivity index (χ4v) is 4.04. The number of imidazole rings is 1. The highest BCUT2D eigenvalue weighted by atomic mass is 19.2. The van der Waals surface area contributed by atoms with E-state index in [0.717, 1.165) is 37.9 Å². The van der Waals surface area contributed by atoms with Gasteiger partial charge in [0.1, 0.15) is 0 Å². The van der Waals surface area contributed by atoms with Crippen molar-refractivity contribution < 1.29 is 27.8 Å². The average molecular weight is 463 g/mol. The molecule has 1 aromatic heterocycles. The van der Waals surface area contributed by atoms with Crippen molar-refractivity contribution in [3.63, 3.8) is 0 Å². The van der Waals surface area contributed by atoms with E-state index in [9.17, 15) is 23.2 Å². The van der Waals surface area contributed by atoms with Gasteiger partial charge in [-0.25, -0.2) is 18.4 Å². The summed E-state index contributed by atoms with van der Waals surface area (Å²) in [4.78, 5) is 41.1. The van der Waals surface area contributed by atoms with Crippen molar-refractivity contribution in [1.82, 2.24) is 14.5 Å². The van der Waals surface area contributed by atoms with Crippen molar-refractivity contribution in [2.75, 3.05) is 33.9 Å². The number of esters is 2. The molecule has 0 saturated carbocycles. The Morgan fingerprint density at radius 1 is 1.15 bits per heavy atom. The Hall–Kier alpha value is -3.27. The summed E-state index contributed by atoms with van der Waals surface area (Å²) >= 11 is 0. The number of methoxy groups -OCH3 is 2. The van der Waals surface area contributed by atoms with Crippen LogP contribution in [0.25, 0.3) is 11.3 Å². The molecule has 0 atom stereocenters. The fraction of sp³-hybridized carbons (Fsp3) is 0.435. The number of hydrogen-bond acceptors (Lipinski definition) is 6. The van der Waals surface area contributed by atoms with Crippen molar-refractivity contribution in [3.8, 4) is 11.3 Å². The van der Waals surface area contributed by atoms with Crippen LogP contribution in [-0.2, 0) is 20.8 Å². The lowest BCUT2D eigenvalue weighted by Crippen LogP contribution is -2.37. The Morgan fingerprint density at radius 3 is 2.45 bits per heavy atom. The molecule has 0 bridgehead atoms. The molecule has 0 spiro atoms. The van der Waals surface area contributed by atoms with Crippen molar-refractivity contribution in [1.29, 1.82) is 0 Å². The molecule has 1 fully saturated rings. The highest BCUT2D eigenvalue weighted by Gasteiger charge is 2.26. The first-order valence-electron chi connectivity index (χ1n) is 10.6. The molecule has 8 nitrogen and oxygen atoms in total. The molecule has 1 saturated heterocycles. The van der Waals surface area contributed by atoms with Gasteiger partial charge in [0.15, 0.2) is 17.3 Å². The Bertz CT molecular complexity index is 1100. The zero-order valence-electron chi connectivity index (χ0n) is 18.7. The molecule has 0 unspecified atom stereocenters. The second kappa shape index (κ2) is 10.6. The Morgan fingerprint density at radius 2 is 1.85 bits per heavy atom. The van der Waals surface area contributed by atoms with Crippen LogP contribution >= 0.6 is 0 Å². The summed E-state index contributed by atoms with van der Waals surface area (Å²) in [6.07, 6.45) is 1.84. The molecule has 1 aliphatic heterocycles. The van der Waals surface area contributed by atoms with Crippen LogP contribution in [0.5, 0.6) is 0 Å². The number of carbonyl (C=O) groups is 2. The number of aromatic amines is 1. The second-order valence-corrected chi connectivity index (χ2v) is 8.00. The number of aromatic nitrogens is 2. The first kappa shape index (κ1) is 24.4. The van der Waals surface area contributed by atoms with Gasteiger partial charge in [-0.3, -0.25) is 19.2 Å². The van der Waals surface area contributed by atoms with E-state index in [2.05, 4.69) is 16.5 Å². The van der Waals surface area contributed by atoms with Crippen LogP contribution in [0, 0.1) is 17.6 Å². The Kier molecular flexibility index (Phi) is 7.80. The van der Waals surface area contributed by atoms with E-state index in [-0.39, 0.29) is 35.4 Å². The van der Waals surface area contributed by atoms with Crippen LogP contribution in [0.2, 0.25) is 0 Å². The summed E-state index contributed by atoms with van der Waals surface area (Å²) < 4.78 is 38.1. The molecule has 10 heteroatoms. The number of rotatable bonds is 8. The van der Waals surface area contributed by atoms with Gasteiger partial charge in [-0.05, 0) is 50.6 Å². The quantitative estimate of drug-likeness (QED) is 0.478. The molecule has 1 aliphatic rings. The minimum absolute atomic E-state index is 0.0895. The summed E-state index contributed by atoms with van der Waals surface area (Å²) in [5.41, 5.74) is 0.446. The van der Waals surface area contributed by atoms with Gasteiger partial charge in [0.25, 0.3) is 0 Å². The van der Waals surface area contributed by atoms with Crippen molar-refractivity contribution in [3.05, 3.63) is 58.2 Å². The topological polar surface area (TPSA) is 93.6 Å². The van der Waals surface area contributed by atoms with Crippen LogP contribution in [0.1, 0.15) is 29.8 Å². The Labute approximate surface area is 189 Å². The Balaban J connectivity index is 1.73. The molecule has 33 heavy (non-hydrogen) atoms. The first-order valence-corrected chi connectivity index (χ1v) is 10.6. The van der Waals surface area contributed by atoms with Crippen LogP contribution < -0.4 is 5.69 Å². The summed E-state index contributed by atoms with van der Waals surface area (Å²) in [5.74, 6) is -3.20. The number of nitrogens with one attached hydrogen (secondary N) is 1. The number of H-pyrrole nitrogens is 1. The number of likely N-dealkylation sites (tertiary alicyclic amines) is 1. The number of hydrogen-bond donors (Lipinski definition) is 1. The molecule has 3 rings (SSSR count). The minimum Gasteiger partial charge on any atom is -0.469 e. The lowest BCUT2D eigenvalue weighted by Gasteiger charge is -2.31. The van der Waals surface area contributed by atoms with Gasteiger partial charge in [0.05, 0.1) is 25.8 Å². The normalized spacial score (nSPS) is 14.8. The molecule has 0 radical (unpaired) electrons. The fourth-order valence-electron chi connectivity index (χ4n) is 4.04. The van der Waals surface area contributed by atoms with Crippen molar-refractivity contribution >= 4 is 11.9 Å².